The average Bonchev–Trinajstić information content (AvgIpc) is 3.21. The van der Waals surface area contributed by atoms with Crippen LogP contribution in [0.1, 0.15) is 36.6 Å². The van der Waals surface area contributed by atoms with Gasteiger partial charge in [-0.15, -0.1) is 11.3 Å². The second-order valence-electron chi connectivity index (χ2n) is 5.57. The fourth-order valence-electron chi connectivity index (χ4n) is 2.38. The van der Waals surface area contributed by atoms with Gasteiger partial charge in [0.1, 0.15) is 5.82 Å². The summed E-state index contributed by atoms with van der Waals surface area (Å²) in [6.45, 7) is 6.11. The van der Waals surface area contributed by atoms with Gasteiger partial charge in [-0.3, -0.25) is 0 Å². The molecule has 0 atom stereocenters. The van der Waals surface area contributed by atoms with E-state index >= 15 is 0 Å². The average molecular weight is 302 g/mol. The predicted molar refractivity (Wildman–Crippen MR) is 89.1 cm³/mol. The van der Waals surface area contributed by atoms with Crippen LogP contribution in [-0.2, 0) is 6.54 Å². The Balaban J connectivity index is 1.84. The molecule has 5 heteroatoms. The molecule has 1 saturated carbocycles. The maximum Gasteiger partial charge on any atom is 0.224 e. The number of hydrogen-bond donors (Lipinski definition) is 1. The van der Waals surface area contributed by atoms with E-state index in [2.05, 4.69) is 46.6 Å². The number of aromatic nitrogens is 2. The number of rotatable bonds is 7. The highest BCUT2D eigenvalue weighted by molar-refractivity contribution is 7.09. The molecule has 0 saturated heterocycles. The Labute approximate surface area is 130 Å². The van der Waals surface area contributed by atoms with Gasteiger partial charge in [0.05, 0.1) is 6.54 Å². The van der Waals surface area contributed by atoms with Gasteiger partial charge in [-0.05, 0) is 37.6 Å². The van der Waals surface area contributed by atoms with Gasteiger partial charge in [0.25, 0.3) is 0 Å². The fraction of sp³-hybridized carbons (Fsp3) is 0.500. The summed E-state index contributed by atoms with van der Waals surface area (Å²) >= 11 is 1.81. The van der Waals surface area contributed by atoms with Crippen molar-refractivity contribution in [3.05, 3.63) is 34.2 Å². The summed E-state index contributed by atoms with van der Waals surface area (Å²) in [5.41, 5.74) is 1.15. The van der Waals surface area contributed by atoms with Crippen molar-refractivity contribution in [3.8, 4) is 0 Å². The Kier molecular flexibility index (Phi) is 4.39. The summed E-state index contributed by atoms with van der Waals surface area (Å²) < 4.78 is 0. The highest BCUT2D eigenvalue weighted by Crippen LogP contribution is 2.34. The van der Waals surface area contributed by atoms with Crippen LogP contribution in [0, 0.1) is 6.92 Å². The van der Waals surface area contributed by atoms with Crippen molar-refractivity contribution in [2.75, 3.05) is 16.8 Å². The number of nitrogens with zero attached hydrogens (tertiary/aromatic N) is 3. The summed E-state index contributed by atoms with van der Waals surface area (Å²) in [5.74, 6) is 1.83. The maximum absolute atomic E-state index is 4.76. The molecule has 1 fully saturated rings. The second-order valence-corrected chi connectivity index (χ2v) is 6.60. The molecule has 2 heterocycles. The number of thiophene rings is 1. The number of nitrogens with one attached hydrogen (secondary N) is 1. The molecule has 0 spiro atoms. The first-order chi connectivity index (χ1) is 10.3. The van der Waals surface area contributed by atoms with Crippen molar-refractivity contribution in [1.82, 2.24) is 9.97 Å². The van der Waals surface area contributed by atoms with Crippen molar-refractivity contribution in [3.63, 3.8) is 0 Å². The molecule has 1 aliphatic carbocycles. The highest BCUT2D eigenvalue weighted by Gasteiger charge is 2.31. The topological polar surface area (TPSA) is 41.1 Å². The van der Waals surface area contributed by atoms with Crippen LogP contribution in [-0.4, -0.2) is 22.6 Å². The molecule has 0 unspecified atom stereocenters. The minimum Gasteiger partial charge on any atom is -0.354 e. The lowest BCUT2D eigenvalue weighted by Crippen LogP contribution is -2.27. The zero-order valence-electron chi connectivity index (χ0n) is 12.7. The lowest BCUT2D eigenvalue weighted by atomic mass is 10.3. The summed E-state index contributed by atoms with van der Waals surface area (Å²) in [4.78, 5) is 13.0. The Morgan fingerprint density at radius 1 is 1.43 bits per heavy atom. The Hall–Kier alpha value is -1.62. The second kappa shape index (κ2) is 6.43. The van der Waals surface area contributed by atoms with Crippen molar-refractivity contribution in [1.29, 1.82) is 0 Å². The van der Waals surface area contributed by atoms with E-state index in [4.69, 9.17) is 4.98 Å². The zero-order chi connectivity index (χ0) is 14.7. The third-order valence-corrected chi connectivity index (χ3v) is 4.51. The van der Waals surface area contributed by atoms with E-state index in [1.807, 2.05) is 17.5 Å². The van der Waals surface area contributed by atoms with E-state index in [0.29, 0.717) is 6.04 Å². The fourth-order valence-corrected chi connectivity index (χ4v) is 3.08. The Morgan fingerprint density at radius 2 is 2.29 bits per heavy atom. The third kappa shape index (κ3) is 3.53. The van der Waals surface area contributed by atoms with E-state index in [9.17, 15) is 0 Å². The Morgan fingerprint density at radius 3 is 2.95 bits per heavy atom. The zero-order valence-corrected chi connectivity index (χ0v) is 13.5. The lowest BCUT2D eigenvalue weighted by Gasteiger charge is -2.25. The van der Waals surface area contributed by atoms with Crippen molar-refractivity contribution < 1.29 is 0 Å². The van der Waals surface area contributed by atoms with Crippen molar-refractivity contribution in [2.45, 2.75) is 45.7 Å². The molecule has 0 radical (unpaired) electrons. The summed E-state index contributed by atoms with van der Waals surface area (Å²) in [6.07, 6.45) is 5.55. The predicted octanol–water partition coefficient (Wildman–Crippen LogP) is 3.84. The first-order valence-electron chi connectivity index (χ1n) is 7.64. The van der Waals surface area contributed by atoms with Gasteiger partial charge in [0.2, 0.25) is 5.95 Å². The molecule has 2 aromatic heterocycles. The molecule has 1 aliphatic rings. The van der Waals surface area contributed by atoms with Crippen LogP contribution < -0.4 is 10.2 Å². The first kappa shape index (κ1) is 14.3. The number of anilines is 2. The molecule has 0 bridgehead atoms. The van der Waals surface area contributed by atoms with E-state index < -0.39 is 0 Å². The largest absolute Gasteiger partial charge is 0.354 e. The standard InChI is InChI=1S/C16H22N4S/c1-3-8-17-16-18-10-12(2)15(19-16)20(13-6-7-13)11-14-5-4-9-21-14/h4-5,9-10,13H,3,6-8,11H2,1-2H3,(H,17,18,19). The molecule has 2 aromatic rings. The molecular formula is C16H22N4S. The van der Waals surface area contributed by atoms with Crippen LogP contribution in [0.15, 0.2) is 23.7 Å². The summed E-state index contributed by atoms with van der Waals surface area (Å²) in [7, 11) is 0. The van der Waals surface area contributed by atoms with Gasteiger partial charge in [0, 0.05) is 29.2 Å². The Bertz CT molecular complexity index is 578. The van der Waals surface area contributed by atoms with Gasteiger partial charge in [-0.2, -0.15) is 4.98 Å². The van der Waals surface area contributed by atoms with E-state index in [1.165, 1.54) is 17.7 Å². The van der Waals surface area contributed by atoms with E-state index in [-0.39, 0.29) is 0 Å². The molecule has 0 aromatic carbocycles. The van der Waals surface area contributed by atoms with Gasteiger partial charge >= 0.3 is 0 Å². The van der Waals surface area contributed by atoms with Crippen LogP contribution >= 0.6 is 11.3 Å². The number of hydrogen-bond acceptors (Lipinski definition) is 5. The molecule has 1 N–H and O–H groups in total. The van der Waals surface area contributed by atoms with Crippen LogP contribution in [0.3, 0.4) is 0 Å². The summed E-state index contributed by atoms with van der Waals surface area (Å²) in [5, 5.41) is 5.43. The molecule has 0 amide bonds. The van der Waals surface area contributed by atoms with Gasteiger partial charge < -0.3 is 10.2 Å². The monoisotopic (exact) mass is 302 g/mol. The first-order valence-corrected chi connectivity index (χ1v) is 8.52. The molecule has 4 nitrogen and oxygen atoms in total. The molecule has 112 valence electrons. The normalized spacial score (nSPS) is 14.2. The molecule has 0 aliphatic heterocycles. The van der Waals surface area contributed by atoms with Crippen molar-refractivity contribution >= 4 is 23.1 Å². The van der Waals surface area contributed by atoms with Crippen LogP contribution in [0.5, 0.6) is 0 Å². The summed E-state index contributed by atoms with van der Waals surface area (Å²) in [6, 6.07) is 4.96. The minimum atomic E-state index is 0.639. The van der Waals surface area contributed by atoms with Gasteiger partial charge in [0.15, 0.2) is 0 Å². The molecule has 3 rings (SSSR count). The molecular weight excluding hydrogens is 280 g/mol. The van der Waals surface area contributed by atoms with Gasteiger partial charge in [-0.25, -0.2) is 4.98 Å². The lowest BCUT2D eigenvalue weighted by molar-refractivity contribution is 0.778. The minimum absolute atomic E-state index is 0.639. The van der Waals surface area contributed by atoms with E-state index in [1.54, 1.807) is 0 Å². The highest BCUT2D eigenvalue weighted by atomic mass is 32.1. The van der Waals surface area contributed by atoms with Crippen LogP contribution in [0.2, 0.25) is 0 Å². The molecule has 21 heavy (non-hydrogen) atoms. The maximum atomic E-state index is 4.76. The van der Waals surface area contributed by atoms with Crippen LogP contribution in [0.4, 0.5) is 11.8 Å². The van der Waals surface area contributed by atoms with Gasteiger partial charge in [-0.1, -0.05) is 13.0 Å². The quantitative estimate of drug-likeness (QED) is 0.844. The number of aryl methyl sites for hydroxylation is 1. The SMILES string of the molecule is CCCNc1ncc(C)c(N(Cc2cccs2)C2CC2)n1. The smallest absolute Gasteiger partial charge is 0.224 e. The third-order valence-electron chi connectivity index (χ3n) is 3.64. The van der Waals surface area contributed by atoms with E-state index in [0.717, 1.165) is 36.8 Å². The van der Waals surface area contributed by atoms with Crippen LogP contribution in [0.25, 0.3) is 0 Å². The van der Waals surface area contributed by atoms with Crippen molar-refractivity contribution in [2.24, 2.45) is 0 Å².